The van der Waals surface area contributed by atoms with Crippen molar-refractivity contribution >= 4 is 23.2 Å². The fraction of sp³-hybridized carbons (Fsp3) is 0.647. The van der Waals surface area contributed by atoms with Gasteiger partial charge in [-0.1, -0.05) is 13.8 Å². The van der Waals surface area contributed by atoms with Crippen molar-refractivity contribution in [2.24, 2.45) is 11.7 Å². The molecule has 1 heterocycles. The Kier molecular flexibility index (Phi) is 8.95. The molecule has 3 atom stereocenters. The summed E-state index contributed by atoms with van der Waals surface area (Å²) in [5.41, 5.74) is 7.31. The SMILES string of the molecule is CCNC(=O)[C@@H](NC(=O)[C@H](C)NC[C@@H](N)Cc1ccsc1)C(C)C. The third kappa shape index (κ3) is 6.98. The molecule has 5 N–H and O–H groups in total. The molecule has 24 heavy (non-hydrogen) atoms. The molecule has 0 aliphatic heterocycles. The molecule has 0 spiro atoms. The quantitative estimate of drug-likeness (QED) is 0.501. The van der Waals surface area contributed by atoms with Crippen LogP contribution in [0.15, 0.2) is 16.8 Å². The Bertz CT molecular complexity index is 505. The second kappa shape index (κ2) is 10.4. The molecule has 2 amide bonds. The Morgan fingerprint density at radius 2 is 1.96 bits per heavy atom. The average molecular weight is 355 g/mol. The van der Waals surface area contributed by atoms with Crippen LogP contribution in [0.1, 0.15) is 33.3 Å². The number of likely N-dealkylation sites (N-methyl/N-ethyl adjacent to an activating group) is 1. The number of hydrogen-bond donors (Lipinski definition) is 4. The summed E-state index contributed by atoms with van der Waals surface area (Å²) in [5, 5.41) is 12.8. The molecule has 0 saturated heterocycles. The molecule has 1 aromatic rings. The van der Waals surface area contributed by atoms with E-state index in [9.17, 15) is 9.59 Å². The molecule has 0 bridgehead atoms. The fourth-order valence-electron chi connectivity index (χ4n) is 2.30. The fourth-order valence-corrected chi connectivity index (χ4v) is 2.98. The number of thiophene rings is 1. The monoisotopic (exact) mass is 354 g/mol. The minimum Gasteiger partial charge on any atom is -0.355 e. The van der Waals surface area contributed by atoms with Crippen molar-refractivity contribution < 1.29 is 9.59 Å². The third-order valence-electron chi connectivity index (χ3n) is 3.76. The Balaban J connectivity index is 2.43. The van der Waals surface area contributed by atoms with Crippen LogP contribution in [0.3, 0.4) is 0 Å². The second-order valence-corrected chi connectivity index (χ2v) is 7.13. The molecule has 0 aliphatic carbocycles. The van der Waals surface area contributed by atoms with Crippen molar-refractivity contribution in [2.45, 2.75) is 52.2 Å². The van der Waals surface area contributed by atoms with Gasteiger partial charge < -0.3 is 21.7 Å². The van der Waals surface area contributed by atoms with E-state index in [4.69, 9.17) is 5.73 Å². The van der Waals surface area contributed by atoms with Gasteiger partial charge in [-0.15, -0.1) is 0 Å². The summed E-state index contributed by atoms with van der Waals surface area (Å²) in [6.45, 7) is 8.54. The maximum Gasteiger partial charge on any atom is 0.242 e. The molecule has 0 unspecified atom stereocenters. The first-order valence-electron chi connectivity index (χ1n) is 8.43. The van der Waals surface area contributed by atoms with Crippen LogP contribution in [0.4, 0.5) is 0 Å². The van der Waals surface area contributed by atoms with Gasteiger partial charge in [0.25, 0.3) is 0 Å². The number of rotatable bonds is 10. The predicted molar refractivity (Wildman–Crippen MR) is 98.9 cm³/mol. The lowest BCUT2D eigenvalue weighted by Crippen LogP contribution is -2.55. The second-order valence-electron chi connectivity index (χ2n) is 6.35. The van der Waals surface area contributed by atoms with Gasteiger partial charge in [0.1, 0.15) is 6.04 Å². The molecule has 1 rings (SSSR count). The van der Waals surface area contributed by atoms with Gasteiger partial charge in [-0.05, 0) is 48.6 Å². The number of amides is 2. The maximum absolute atomic E-state index is 12.3. The van der Waals surface area contributed by atoms with Crippen molar-refractivity contribution in [3.8, 4) is 0 Å². The van der Waals surface area contributed by atoms with Crippen molar-refractivity contribution in [3.63, 3.8) is 0 Å². The zero-order chi connectivity index (χ0) is 18.1. The van der Waals surface area contributed by atoms with E-state index < -0.39 is 12.1 Å². The van der Waals surface area contributed by atoms with Crippen LogP contribution in [0.2, 0.25) is 0 Å². The van der Waals surface area contributed by atoms with E-state index in [1.807, 2.05) is 26.2 Å². The number of carbonyl (C=O) groups is 2. The number of carbonyl (C=O) groups excluding carboxylic acids is 2. The first-order valence-corrected chi connectivity index (χ1v) is 9.37. The zero-order valence-corrected chi connectivity index (χ0v) is 15.8. The lowest BCUT2D eigenvalue weighted by molar-refractivity contribution is -0.130. The van der Waals surface area contributed by atoms with Crippen molar-refractivity contribution in [1.82, 2.24) is 16.0 Å². The number of hydrogen-bond acceptors (Lipinski definition) is 5. The highest BCUT2D eigenvalue weighted by Crippen LogP contribution is 2.07. The molecule has 0 radical (unpaired) electrons. The molecular weight excluding hydrogens is 324 g/mol. The summed E-state index contributed by atoms with van der Waals surface area (Å²) < 4.78 is 0. The Morgan fingerprint density at radius 3 is 2.50 bits per heavy atom. The summed E-state index contributed by atoms with van der Waals surface area (Å²) in [6.07, 6.45) is 0.776. The normalized spacial score (nSPS) is 14.9. The van der Waals surface area contributed by atoms with Crippen molar-refractivity contribution in [1.29, 1.82) is 0 Å². The van der Waals surface area contributed by atoms with Gasteiger partial charge in [-0.2, -0.15) is 11.3 Å². The Labute approximate surface area is 148 Å². The van der Waals surface area contributed by atoms with Gasteiger partial charge in [-0.25, -0.2) is 0 Å². The van der Waals surface area contributed by atoms with Crippen molar-refractivity contribution in [2.75, 3.05) is 13.1 Å². The molecule has 0 aliphatic rings. The Morgan fingerprint density at radius 1 is 1.25 bits per heavy atom. The first kappa shape index (κ1) is 20.6. The molecule has 1 aromatic heterocycles. The zero-order valence-electron chi connectivity index (χ0n) is 15.0. The predicted octanol–water partition coefficient (Wildman–Crippen LogP) is 0.873. The highest BCUT2D eigenvalue weighted by Gasteiger charge is 2.25. The number of nitrogens with one attached hydrogen (secondary N) is 3. The maximum atomic E-state index is 12.3. The van der Waals surface area contributed by atoms with Crippen LogP contribution in [0.25, 0.3) is 0 Å². The summed E-state index contributed by atoms with van der Waals surface area (Å²) in [7, 11) is 0. The summed E-state index contributed by atoms with van der Waals surface area (Å²) in [6, 6.07) is 1.06. The van der Waals surface area contributed by atoms with E-state index in [2.05, 4.69) is 27.4 Å². The highest BCUT2D eigenvalue weighted by molar-refractivity contribution is 7.07. The molecule has 6 nitrogen and oxygen atoms in total. The summed E-state index contributed by atoms with van der Waals surface area (Å²) in [4.78, 5) is 24.3. The molecule has 0 saturated carbocycles. The summed E-state index contributed by atoms with van der Waals surface area (Å²) >= 11 is 1.65. The van der Waals surface area contributed by atoms with Crippen LogP contribution < -0.4 is 21.7 Å². The molecule has 7 heteroatoms. The van der Waals surface area contributed by atoms with Gasteiger partial charge in [0.2, 0.25) is 11.8 Å². The van der Waals surface area contributed by atoms with E-state index in [0.29, 0.717) is 13.1 Å². The topological polar surface area (TPSA) is 96.2 Å². The van der Waals surface area contributed by atoms with Gasteiger partial charge in [-0.3, -0.25) is 9.59 Å². The van der Waals surface area contributed by atoms with E-state index in [1.165, 1.54) is 5.56 Å². The van der Waals surface area contributed by atoms with Crippen molar-refractivity contribution in [3.05, 3.63) is 22.4 Å². The molecular formula is C17H30N4O2S. The molecule has 0 aromatic carbocycles. The van der Waals surface area contributed by atoms with E-state index in [0.717, 1.165) is 6.42 Å². The van der Waals surface area contributed by atoms with Crippen LogP contribution in [0, 0.1) is 5.92 Å². The van der Waals surface area contributed by atoms with Gasteiger partial charge in [0.05, 0.1) is 6.04 Å². The standard InChI is InChI=1S/C17H30N4O2S/c1-5-19-17(23)15(11(2)3)21-16(22)12(4)20-9-14(18)8-13-6-7-24-10-13/h6-7,10-12,14-15,20H,5,8-9,18H2,1-4H3,(H,19,23)(H,21,22)/t12-,14-,15-/m0/s1. The minimum atomic E-state index is -0.527. The smallest absolute Gasteiger partial charge is 0.242 e. The first-order chi connectivity index (χ1) is 11.3. The van der Waals surface area contributed by atoms with Crippen LogP contribution in [0.5, 0.6) is 0 Å². The summed E-state index contributed by atoms with van der Waals surface area (Å²) in [5.74, 6) is -0.321. The Hall–Kier alpha value is -1.44. The van der Waals surface area contributed by atoms with Crippen LogP contribution in [-0.4, -0.2) is 43.0 Å². The van der Waals surface area contributed by atoms with E-state index in [-0.39, 0.29) is 23.8 Å². The highest BCUT2D eigenvalue weighted by atomic mass is 32.1. The van der Waals surface area contributed by atoms with Crippen LogP contribution >= 0.6 is 11.3 Å². The molecule has 136 valence electrons. The molecule has 0 fully saturated rings. The number of nitrogens with two attached hydrogens (primary N) is 1. The van der Waals surface area contributed by atoms with Gasteiger partial charge >= 0.3 is 0 Å². The lowest BCUT2D eigenvalue weighted by Gasteiger charge is -2.24. The van der Waals surface area contributed by atoms with Gasteiger partial charge in [0, 0.05) is 19.1 Å². The minimum absolute atomic E-state index is 0.0218. The largest absolute Gasteiger partial charge is 0.355 e. The lowest BCUT2D eigenvalue weighted by atomic mass is 10.0. The average Bonchev–Trinajstić information content (AvgIpc) is 3.02. The van der Waals surface area contributed by atoms with E-state index >= 15 is 0 Å². The van der Waals surface area contributed by atoms with Gasteiger partial charge in [0.15, 0.2) is 0 Å². The van der Waals surface area contributed by atoms with Crippen LogP contribution in [-0.2, 0) is 16.0 Å². The van der Waals surface area contributed by atoms with E-state index in [1.54, 1.807) is 18.3 Å². The third-order valence-corrected chi connectivity index (χ3v) is 4.49.